The van der Waals surface area contributed by atoms with Crippen LogP contribution in [0.25, 0.3) is 0 Å². The highest BCUT2D eigenvalue weighted by molar-refractivity contribution is 5.24. The molecule has 0 heteroatoms. The first kappa shape index (κ1) is 11.1. The Morgan fingerprint density at radius 3 is 2.35 bits per heavy atom. The lowest BCUT2D eigenvalue weighted by Gasteiger charge is -2.16. The smallest absolute Gasteiger partial charge is 0.00642 e. The van der Waals surface area contributed by atoms with E-state index in [1.165, 1.54) is 37.7 Å². The number of hydrogen-bond acceptors (Lipinski definition) is 0. The minimum Gasteiger partial charge on any atom is -0.102 e. The van der Waals surface area contributed by atoms with Crippen molar-refractivity contribution in [3.05, 3.63) is 49.1 Å². The van der Waals surface area contributed by atoms with Crippen LogP contribution in [-0.2, 0) is 0 Å². The van der Waals surface area contributed by atoms with Crippen molar-refractivity contribution < 1.29 is 0 Å². The third kappa shape index (κ3) is 1.94. The fourth-order valence-electron chi connectivity index (χ4n) is 3.76. The fraction of sp³-hybridized carbons (Fsp3) is 0.529. The minimum absolute atomic E-state index is 0.435. The van der Waals surface area contributed by atoms with E-state index in [-0.39, 0.29) is 0 Å². The minimum atomic E-state index is 0.435. The molecule has 4 aliphatic rings. The summed E-state index contributed by atoms with van der Waals surface area (Å²) in [5.41, 5.74) is 1.89. The van der Waals surface area contributed by atoms with Crippen LogP contribution >= 0.6 is 0 Å². The van der Waals surface area contributed by atoms with Gasteiger partial charge in [0.25, 0.3) is 0 Å². The SMILES string of the molecule is C=C1CC2C=CC1C2.C=CC12C=CC(CC1)C2. The molecule has 0 saturated heterocycles. The first-order valence-corrected chi connectivity index (χ1v) is 6.90. The maximum absolute atomic E-state index is 3.99. The van der Waals surface area contributed by atoms with E-state index in [4.69, 9.17) is 0 Å². The van der Waals surface area contributed by atoms with Crippen LogP contribution in [0.15, 0.2) is 49.1 Å². The molecule has 4 atom stereocenters. The molecule has 4 bridgehead atoms. The van der Waals surface area contributed by atoms with Gasteiger partial charge in [0.2, 0.25) is 0 Å². The second-order valence-electron chi connectivity index (χ2n) is 6.15. The van der Waals surface area contributed by atoms with Crippen LogP contribution in [-0.4, -0.2) is 0 Å². The third-order valence-electron chi connectivity index (χ3n) is 4.95. The fourth-order valence-corrected chi connectivity index (χ4v) is 3.76. The Morgan fingerprint density at radius 2 is 2.12 bits per heavy atom. The second kappa shape index (κ2) is 4.01. The Hall–Kier alpha value is -1.04. The van der Waals surface area contributed by atoms with E-state index in [1.807, 2.05) is 0 Å². The summed E-state index contributed by atoms with van der Waals surface area (Å²) in [5.74, 6) is 2.52. The molecular formula is C17H22. The van der Waals surface area contributed by atoms with Gasteiger partial charge in [0.05, 0.1) is 0 Å². The number of rotatable bonds is 1. The van der Waals surface area contributed by atoms with Crippen LogP contribution in [0, 0.1) is 23.2 Å². The largest absolute Gasteiger partial charge is 0.102 e. The summed E-state index contributed by atoms with van der Waals surface area (Å²) in [6, 6.07) is 0. The Bertz CT molecular complexity index is 398. The quantitative estimate of drug-likeness (QED) is 0.570. The lowest BCUT2D eigenvalue weighted by Crippen LogP contribution is -2.05. The van der Waals surface area contributed by atoms with E-state index in [0.29, 0.717) is 5.41 Å². The summed E-state index contributed by atoms with van der Waals surface area (Å²) in [6.45, 7) is 7.85. The van der Waals surface area contributed by atoms with Gasteiger partial charge in [0.15, 0.2) is 0 Å². The molecule has 4 aliphatic carbocycles. The average molecular weight is 226 g/mol. The van der Waals surface area contributed by atoms with Gasteiger partial charge < -0.3 is 0 Å². The standard InChI is InChI=1S/C9H12.C8H10/c1-2-9-5-3-8(7-9)4-6-9;1-6-4-7-2-3-8(6)5-7/h2-3,5,8H,1,4,6-7H2;2-3,7-8H,1,4-5H2. The summed E-state index contributed by atoms with van der Waals surface area (Å²) in [6.07, 6.45) is 18.2. The highest BCUT2D eigenvalue weighted by Crippen LogP contribution is 2.49. The van der Waals surface area contributed by atoms with Crippen LogP contribution < -0.4 is 0 Å². The molecule has 90 valence electrons. The predicted molar refractivity (Wildman–Crippen MR) is 73.6 cm³/mol. The van der Waals surface area contributed by atoms with Crippen molar-refractivity contribution >= 4 is 0 Å². The Balaban J connectivity index is 0.000000107. The van der Waals surface area contributed by atoms with Crippen LogP contribution in [0.4, 0.5) is 0 Å². The molecule has 0 heterocycles. The van der Waals surface area contributed by atoms with E-state index >= 15 is 0 Å². The van der Waals surface area contributed by atoms with Gasteiger partial charge in [0.1, 0.15) is 0 Å². The summed E-state index contributed by atoms with van der Waals surface area (Å²) in [5, 5.41) is 0. The van der Waals surface area contributed by atoms with Crippen LogP contribution in [0.1, 0.15) is 32.1 Å². The highest BCUT2D eigenvalue weighted by atomic mass is 14.4. The van der Waals surface area contributed by atoms with Crippen LogP contribution in [0.5, 0.6) is 0 Å². The maximum Gasteiger partial charge on any atom is 0.00642 e. The average Bonchev–Trinajstić information content (AvgIpc) is 3.10. The summed E-state index contributed by atoms with van der Waals surface area (Å²) < 4.78 is 0. The van der Waals surface area contributed by atoms with Gasteiger partial charge in [-0.15, -0.1) is 6.58 Å². The van der Waals surface area contributed by atoms with Gasteiger partial charge >= 0.3 is 0 Å². The van der Waals surface area contributed by atoms with Gasteiger partial charge in [-0.2, -0.15) is 0 Å². The Labute approximate surface area is 105 Å². The number of hydrogen-bond donors (Lipinski definition) is 0. The van der Waals surface area contributed by atoms with Crippen molar-refractivity contribution in [2.75, 3.05) is 0 Å². The molecular weight excluding hydrogens is 204 g/mol. The summed E-state index contributed by atoms with van der Waals surface area (Å²) in [7, 11) is 0. The lowest BCUT2D eigenvalue weighted by atomic mass is 9.88. The van der Waals surface area contributed by atoms with Gasteiger partial charge in [0, 0.05) is 5.41 Å². The molecule has 0 spiro atoms. The van der Waals surface area contributed by atoms with Crippen molar-refractivity contribution in [3.8, 4) is 0 Å². The van der Waals surface area contributed by atoms with Crippen molar-refractivity contribution in [3.63, 3.8) is 0 Å². The van der Waals surface area contributed by atoms with Crippen molar-refractivity contribution in [1.82, 2.24) is 0 Å². The molecule has 4 unspecified atom stereocenters. The molecule has 4 rings (SSSR count). The number of allylic oxidation sites excluding steroid dienone is 6. The molecule has 0 aromatic rings. The highest BCUT2D eigenvalue weighted by Gasteiger charge is 2.37. The predicted octanol–water partition coefficient (Wildman–Crippen LogP) is 4.67. The molecule has 0 aliphatic heterocycles. The maximum atomic E-state index is 3.99. The Morgan fingerprint density at radius 1 is 1.24 bits per heavy atom. The molecule has 0 amide bonds. The van der Waals surface area contributed by atoms with Gasteiger partial charge in [-0.25, -0.2) is 0 Å². The van der Waals surface area contributed by atoms with Gasteiger partial charge in [-0.3, -0.25) is 0 Å². The zero-order valence-corrected chi connectivity index (χ0v) is 10.6. The van der Waals surface area contributed by atoms with E-state index < -0.39 is 0 Å². The third-order valence-corrected chi connectivity index (χ3v) is 4.95. The van der Waals surface area contributed by atoms with Crippen LogP contribution in [0.3, 0.4) is 0 Å². The molecule has 2 fully saturated rings. The molecule has 0 radical (unpaired) electrons. The first-order valence-electron chi connectivity index (χ1n) is 6.90. The Kier molecular flexibility index (Phi) is 2.61. The van der Waals surface area contributed by atoms with E-state index in [1.54, 1.807) is 0 Å². The van der Waals surface area contributed by atoms with Gasteiger partial charge in [-0.05, 0) is 49.9 Å². The molecule has 2 saturated carbocycles. The zero-order valence-electron chi connectivity index (χ0n) is 10.6. The molecule has 0 nitrogen and oxygen atoms in total. The monoisotopic (exact) mass is 226 g/mol. The van der Waals surface area contributed by atoms with E-state index in [0.717, 1.165) is 17.8 Å². The molecule has 0 aromatic heterocycles. The molecule has 0 N–H and O–H groups in total. The second-order valence-corrected chi connectivity index (χ2v) is 6.15. The zero-order chi connectivity index (χ0) is 11.9. The topological polar surface area (TPSA) is 0 Å². The first-order chi connectivity index (χ1) is 8.21. The normalized spacial score (nSPS) is 44.0. The van der Waals surface area contributed by atoms with Crippen molar-refractivity contribution in [2.45, 2.75) is 32.1 Å². The van der Waals surface area contributed by atoms with E-state index in [2.05, 4.69) is 43.5 Å². The molecule has 17 heavy (non-hydrogen) atoms. The van der Waals surface area contributed by atoms with E-state index in [9.17, 15) is 0 Å². The molecule has 0 aromatic carbocycles. The van der Waals surface area contributed by atoms with Crippen LogP contribution in [0.2, 0.25) is 0 Å². The van der Waals surface area contributed by atoms with Crippen molar-refractivity contribution in [2.24, 2.45) is 23.2 Å². The summed E-state index contributed by atoms with van der Waals surface area (Å²) >= 11 is 0. The van der Waals surface area contributed by atoms with Gasteiger partial charge in [-0.1, -0.05) is 42.5 Å². The number of fused-ring (bicyclic) bond motifs is 4. The lowest BCUT2D eigenvalue weighted by molar-refractivity contribution is 0.525. The summed E-state index contributed by atoms with van der Waals surface area (Å²) in [4.78, 5) is 0. The van der Waals surface area contributed by atoms with Crippen molar-refractivity contribution in [1.29, 1.82) is 0 Å².